The van der Waals surface area contributed by atoms with Gasteiger partial charge in [-0.2, -0.15) is 0 Å². The first-order valence-corrected chi connectivity index (χ1v) is 13.4. The average molecular weight is 533 g/mol. The number of sulfone groups is 1. The minimum Gasteiger partial charge on any atom is -0.493 e. The summed E-state index contributed by atoms with van der Waals surface area (Å²) in [6.45, 7) is 8.12. The van der Waals surface area contributed by atoms with Gasteiger partial charge in [0.05, 0.1) is 35.3 Å². The number of esters is 1. The van der Waals surface area contributed by atoms with E-state index in [0.717, 1.165) is 16.9 Å². The van der Waals surface area contributed by atoms with Gasteiger partial charge in [0.25, 0.3) is 9.84 Å². The van der Waals surface area contributed by atoms with Crippen LogP contribution in [0.25, 0.3) is 0 Å². The highest BCUT2D eigenvalue weighted by molar-refractivity contribution is 7.91. The van der Waals surface area contributed by atoms with E-state index >= 15 is 0 Å². The molecule has 3 rings (SSSR count). The first-order valence-electron chi connectivity index (χ1n) is 11.9. The van der Waals surface area contributed by atoms with Crippen molar-refractivity contribution in [1.29, 1.82) is 0 Å². The lowest BCUT2D eigenvalue weighted by atomic mass is 9.88. The van der Waals surface area contributed by atoms with Gasteiger partial charge < -0.3 is 19.4 Å². The van der Waals surface area contributed by atoms with Crippen LogP contribution in [-0.2, 0) is 19.4 Å². The molecule has 0 saturated heterocycles. The fourth-order valence-corrected chi connectivity index (χ4v) is 4.78. The molecular weight excluding hydrogens is 500 g/mol. The summed E-state index contributed by atoms with van der Waals surface area (Å²) in [6.07, 6.45) is 1.52. The average Bonchev–Trinajstić information content (AvgIpc) is 3.25. The maximum atomic E-state index is 12.8. The van der Waals surface area contributed by atoms with Crippen LogP contribution in [0.15, 0.2) is 63.1 Å². The summed E-state index contributed by atoms with van der Waals surface area (Å²) < 4.78 is 46.6. The Morgan fingerprint density at radius 2 is 1.73 bits per heavy atom. The molecular formula is C26H32N2O8S. The van der Waals surface area contributed by atoms with Crippen molar-refractivity contribution in [2.45, 2.75) is 56.9 Å². The molecule has 200 valence electrons. The van der Waals surface area contributed by atoms with Crippen LogP contribution in [0.4, 0.5) is 0 Å². The topological polar surface area (TPSA) is 132 Å². The second-order valence-electron chi connectivity index (χ2n) is 9.30. The van der Waals surface area contributed by atoms with Gasteiger partial charge in [0, 0.05) is 6.42 Å². The normalized spacial score (nSPS) is 11.8. The SMILES string of the molecule is Cc1ccc(C)c(OCCCC(C)(C)C(=O)OCCCOc2no[n+]([O-])c2S(=O)(=O)c2ccccc2)c1. The molecule has 0 saturated carbocycles. The Morgan fingerprint density at radius 1 is 1.03 bits per heavy atom. The molecule has 0 unspecified atom stereocenters. The van der Waals surface area contributed by atoms with E-state index in [1.807, 2.05) is 45.9 Å². The predicted octanol–water partition coefficient (Wildman–Crippen LogP) is 3.96. The number of hydrogen-bond donors (Lipinski definition) is 0. The van der Waals surface area contributed by atoms with Gasteiger partial charge in [-0.3, -0.25) is 9.42 Å². The maximum absolute atomic E-state index is 12.8. The highest BCUT2D eigenvalue weighted by atomic mass is 32.2. The summed E-state index contributed by atoms with van der Waals surface area (Å²) in [5, 5.41) is 14.6. The lowest BCUT2D eigenvalue weighted by Crippen LogP contribution is -2.31. The molecule has 0 spiro atoms. The van der Waals surface area contributed by atoms with Crippen LogP contribution in [0.5, 0.6) is 11.6 Å². The molecule has 0 atom stereocenters. The molecule has 10 nitrogen and oxygen atoms in total. The Labute approximate surface area is 216 Å². The standard InChI is InChI=1S/C26H32N2O8S/c1-19-12-13-20(2)22(18-19)33-15-8-14-26(3,4)25(29)35-17-9-16-34-23-24(28(30)36-27-23)37(31,32)21-10-6-5-7-11-21/h5-7,10-13,18H,8-9,14-17H2,1-4H3. The molecule has 0 radical (unpaired) electrons. The number of carbonyl (C=O) groups is 1. The minimum absolute atomic E-state index is 0.0404. The summed E-state index contributed by atoms with van der Waals surface area (Å²) in [6, 6.07) is 13.5. The number of hydrogen-bond acceptors (Lipinski definition) is 9. The molecule has 2 aromatic carbocycles. The van der Waals surface area contributed by atoms with Crippen LogP contribution in [0.1, 0.15) is 44.2 Å². The second kappa shape index (κ2) is 12.1. The van der Waals surface area contributed by atoms with Crippen LogP contribution in [0.3, 0.4) is 0 Å². The van der Waals surface area contributed by atoms with E-state index in [9.17, 15) is 18.4 Å². The summed E-state index contributed by atoms with van der Waals surface area (Å²) in [5.41, 5.74) is 1.48. The first kappa shape index (κ1) is 28.0. The lowest BCUT2D eigenvalue weighted by Gasteiger charge is -2.22. The zero-order chi connectivity index (χ0) is 27.1. The predicted molar refractivity (Wildman–Crippen MR) is 133 cm³/mol. The highest BCUT2D eigenvalue weighted by Crippen LogP contribution is 2.27. The van der Waals surface area contributed by atoms with Crippen molar-refractivity contribution in [3.05, 3.63) is 64.9 Å². The Morgan fingerprint density at radius 3 is 2.46 bits per heavy atom. The fourth-order valence-electron chi connectivity index (χ4n) is 3.49. The molecule has 0 bridgehead atoms. The molecule has 0 aliphatic heterocycles. The minimum atomic E-state index is -4.19. The van der Waals surface area contributed by atoms with Gasteiger partial charge in [-0.15, -0.1) is 0 Å². The Balaban J connectivity index is 1.43. The largest absolute Gasteiger partial charge is 0.493 e. The summed E-state index contributed by atoms with van der Waals surface area (Å²) in [7, 11) is -4.19. The van der Waals surface area contributed by atoms with Gasteiger partial charge in [-0.1, -0.05) is 30.3 Å². The monoisotopic (exact) mass is 532 g/mol. The molecule has 0 aliphatic carbocycles. The van der Waals surface area contributed by atoms with Crippen molar-refractivity contribution < 1.29 is 37.0 Å². The Hall–Kier alpha value is -3.60. The second-order valence-corrected chi connectivity index (χ2v) is 11.2. The van der Waals surface area contributed by atoms with E-state index in [1.165, 1.54) is 24.3 Å². The van der Waals surface area contributed by atoms with E-state index in [4.69, 9.17) is 14.2 Å². The number of aryl methyl sites for hydroxylation is 2. The molecule has 0 aliphatic rings. The molecule has 0 amide bonds. The van der Waals surface area contributed by atoms with Gasteiger partial charge in [0.15, 0.2) is 0 Å². The maximum Gasteiger partial charge on any atom is 0.414 e. The quantitative estimate of drug-likeness (QED) is 0.182. The summed E-state index contributed by atoms with van der Waals surface area (Å²) in [5.74, 6) is 0.0366. The number of ether oxygens (including phenoxy) is 3. The molecule has 1 heterocycles. The third-order valence-electron chi connectivity index (χ3n) is 5.72. The number of benzene rings is 2. The van der Waals surface area contributed by atoms with E-state index in [2.05, 4.69) is 9.79 Å². The van der Waals surface area contributed by atoms with Crippen molar-refractivity contribution in [3.63, 3.8) is 0 Å². The number of carbonyl (C=O) groups excluding carboxylic acids is 1. The van der Waals surface area contributed by atoms with Crippen LogP contribution in [0.2, 0.25) is 0 Å². The van der Waals surface area contributed by atoms with Crippen molar-refractivity contribution in [3.8, 4) is 11.6 Å². The van der Waals surface area contributed by atoms with E-state index in [1.54, 1.807) is 6.07 Å². The zero-order valence-electron chi connectivity index (χ0n) is 21.4. The van der Waals surface area contributed by atoms with Crippen LogP contribution < -0.4 is 14.4 Å². The number of nitrogens with zero attached hydrogens (tertiary/aromatic N) is 2. The van der Waals surface area contributed by atoms with Crippen molar-refractivity contribution >= 4 is 15.8 Å². The molecule has 1 aromatic heterocycles. The molecule has 37 heavy (non-hydrogen) atoms. The van der Waals surface area contributed by atoms with Crippen LogP contribution >= 0.6 is 0 Å². The molecule has 0 N–H and O–H groups in total. The van der Waals surface area contributed by atoms with Crippen molar-refractivity contribution in [2.75, 3.05) is 19.8 Å². The van der Waals surface area contributed by atoms with E-state index < -0.39 is 26.2 Å². The fraction of sp³-hybridized carbons (Fsp3) is 0.423. The molecule has 0 fully saturated rings. The van der Waals surface area contributed by atoms with Gasteiger partial charge in [-0.25, -0.2) is 8.42 Å². The highest BCUT2D eigenvalue weighted by Gasteiger charge is 2.35. The summed E-state index contributed by atoms with van der Waals surface area (Å²) >= 11 is 0. The van der Waals surface area contributed by atoms with Gasteiger partial charge in [0.1, 0.15) is 5.75 Å². The van der Waals surface area contributed by atoms with Crippen LogP contribution in [-0.4, -0.2) is 39.4 Å². The Kier molecular flexibility index (Phi) is 9.14. The van der Waals surface area contributed by atoms with E-state index in [0.29, 0.717) is 19.4 Å². The molecule has 11 heteroatoms. The summed E-state index contributed by atoms with van der Waals surface area (Å²) in [4.78, 5) is 12.3. The third kappa shape index (κ3) is 7.22. The Bertz CT molecular complexity index is 1300. The first-order chi connectivity index (χ1) is 17.5. The smallest absolute Gasteiger partial charge is 0.414 e. The van der Waals surface area contributed by atoms with Gasteiger partial charge >= 0.3 is 16.9 Å². The lowest BCUT2D eigenvalue weighted by molar-refractivity contribution is -0.832. The third-order valence-corrected chi connectivity index (χ3v) is 7.44. The number of aromatic nitrogens is 2. The van der Waals surface area contributed by atoms with E-state index in [-0.39, 0.29) is 35.4 Å². The van der Waals surface area contributed by atoms with Crippen molar-refractivity contribution in [2.24, 2.45) is 5.41 Å². The van der Waals surface area contributed by atoms with Gasteiger partial charge in [-0.05, 0) is 74.8 Å². The van der Waals surface area contributed by atoms with Crippen molar-refractivity contribution in [1.82, 2.24) is 5.16 Å². The zero-order valence-corrected chi connectivity index (χ0v) is 22.2. The van der Waals surface area contributed by atoms with Crippen LogP contribution in [0, 0.1) is 24.5 Å². The van der Waals surface area contributed by atoms with Gasteiger partial charge in [0.2, 0.25) is 0 Å². The number of rotatable bonds is 13. The molecule has 3 aromatic rings.